The topological polar surface area (TPSA) is 67.1 Å². The summed E-state index contributed by atoms with van der Waals surface area (Å²) in [5.41, 5.74) is 2.59. The summed E-state index contributed by atoms with van der Waals surface area (Å²) in [7, 11) is 0. The van der Waals surface area contributed by atoms with E-state index >= 15 is 0 Å². The number of thiophene rings is 1. The lowest BCUT2D eigenvalue weighted by molar-refractivity contribution is 0.550. The minimum absolute atomic E-state index is 0.483. The van der Waals surface area contributed by atoms with Crippen LogP contribution in [0.5, 0.6) is 0 Å². The third-order valence-electron chi connectivity index (χ3n) is 3.10. The van der Waals surface area contributed by atoms with Gasteiger partial charge in [0.25, 0.3) is 0 Å². The molecule has 0 aliphatic rings. The first-order chi connectivity index (χ1) is 9.90. The molecular weight excluding hydrogens is 282 g/mol. The van der Waals surface area contributed by atoms with Crippen molar-refractivity contribution in [2.24, 2.45) is 17.7 Å². The number of nitrogens with zero attached hydrogens (tertiary/aromatic N) is 3. The zero-order chi connectivity index (χ0) is 15.6. The van der Waals surface area contributed by atoms with Crippen LogP contribution in [0.1, 0.15) is 32.6 Å². The average Bonchev–Trinajstić information content (AvgIpc) is 2.75. The summed E-state index contributed by atoms with van der Waals surface area (Å²) in [6, 6.07) is 2.17. The monoisotopic (exact) mass is 307 g/mol. The van der Waals surface area contributed by atoms with Gasteiger partial charge in [-0.05, 0) is 24.8 Å². The van der Waals surface area contributed by atoms with E-state index in [-0.39, 0.29) is 0 Å². The lowest BCUT2D eigenvalue weighted by Crippen LogP contribution is -2.32. The molecule has 2 rings (SSSR count). The smallest absolute Gasteiger partial charge is 0.240 e. The van der Waals surface area contributed by atoms with Gasteiger partial charge in [0, 0.05) is 18.0 Å². The Labute approximate surface area is 130 Å². The van der Waals surface area contributed by atoms with E-state index in [0.29, 0.717) is 17.8 Å². The summed E-state index contributed by atoms with van der Waals surface area (Å²) in [6.45, 7) is 13.0. The molecule has 21 heavy (non-hydrogen) atoms. The van der Waals surface area contributed by atoms with Crippen molar-refractivity contribution < 1.29 is 0 Å². The van der Waals surface area contributed by atoms with Gasteiger partial charge in [-0.1, -0.05) is 27.7 Å². The summed E-state index contributed by atoms with van der Waals surface area (Å²) in [6.07, 6.45) is 0. The maximum absolute atomic E-state index is 5.53. The third-order valence-corrected chi connectivity index (χ3v) is 4.04. The van der Waals surface area contributed by atoms with Gasteiger partial charge >= 0.3 is 0 Å². The molecule has 0 amide bonds. The highest BCUT2D eigenvalue weighted by atomic mass is 32.1. The Morgan fingerprint density at radius 3 is 2.33 bits per heavy atom. The minimum Gasteiger partial charge on any atom is -0.355 e. The predicted molar refractivity (Wildman–Crippen MR) is 91.9 cm³/mol. The van der Waals surface area contributed by atoms with Crippen molar-refractivity contribution in [2.45, 2.75) is 34.6 Å². The van der Waals surface area contributed by atoms with Crippen LogP contribution in [0.25, 0.3) is 10.2 Å². The Balaban J connectivity index is 2.53. The van der Waals surface area contributed by atoms with E-state index in [1.807, 2.05) is 0 Å². The molecule has 0 saturated carbocycles. The fourth-order valence-corrected chi connectivity index (χ4v) is 3.34. The van der Waals surface area contributed by atoms with Crippen LogP contribution >= 0.6 is 11.3 Å². The summed E-state index contributed by atoms with van der Waals surface area (Å²) < 4.78 is 0. The maximum atomic E-state index is 5.53. The van der Waals surface area contributed by atoms with Crippen LogP contribution in [0.2, 0.25) is 0 Å². The highest BCUT2D eigenvalue weighted by Crippen LogP contribution is 2.32. The number of anilines is 2. The van der Waals surface area contributed by atoms with E-state index in [0.717, 1.165) is 29.1 Å². The van der Waals surface area contributed by atoms with Gasteiger partial charge in [-0.3, -0.25) is 5.43 Å². The molecule has 2 aromatic rings. The van der Waals surface area contributed by atoms with Crippen LogP contribution in [0.3, 0.4) is 0 Å². The number of nitrogen functional groups attached to an aromatic ring is 1. The zero-order valence-electron chi connectivity index (χ0n) is 13.5. The first-order valence-electron chi connectivity index (χ1n) is 7.40. The molecule has 0 spiro atoms. The Kier molecular flexibility index (Phi) is 5.00. The maximum Gasteiger partial charge on any atom is 0.240 e. The van der Waals surface area contributed by atoms with Crippen LogP contribution in [-0.2, 0) is 0 Å². The molecule has 0 atom stereocenters. The first kappa shape index (κ1) is 16.0. The van der Waals surface area contributed by atoms with Gasteiger partial charge in [-0.2, -0.15) is 4.98 Å². The molecule has 116 valence electrons. The molecule has 0 aliphatic carbocycles. The molecule has 0 saturated heterocycles. The van der Waals surface area contributed by atoms with Gasteiger partial charge in [0.05, 0.1) is 5.39 Å². The molecule has 2 aromatic heterocycles. The predicted octanol–water partition coefficient (Wildman–Crippen LogP) is 3.40. The summed E-state index contributed by atoms with van der Waals surface area (Å²) in [4.78, 5) is 13.7. The second-order valence-corrected chi connectivity index (χ2v) is 7.52. The molecule has 0 radical (unpaired) electrons. The highest BCUT2D eigenvalue weighted by molar-refractivity contribution is 7.18. The Bertz CT molecular complexity index is 595. The van der Waals surface area contributed by atoms with Gasteiger partial charge in [-0.15, -0.1) is 11.3 Å². The van der Waals surface area contributed by atoms with E-state index in [2.05, 4.69) is 61.0 Å². The molecule has 0 fully saturated rings. The normalized spacial score (nSPS) is 11.6. The Morgan fingerprint density at radius 1 is 1.19 bits per heavy atom. The minimum atomic E-state index is 0.483. The van der Waals surface area contributed by atoms with Gasteiger partial charge in [-0.25, -0.2) is 10.8 Å². The number of aromatic nitrogens is 2. The highest BCUT2D eigenvalue weighted by Gasteiger charge is 2.18. The molecule has 5 nitrogen and oxygen atoms in total. The van der Waals surface area contributed by atoms with E-state index in [1.54, 1.807) is 11.3 Å². The van der Waals surface area contributed by atoms with Crippen LogP contribution in [0, 0.1) is 18.8 Å². The van der Waals surface area contributed by atoms with Crippen LogP contribution < -0.4 is 16.2 Å². The van der Waals surface area contributed by atoms with Crippen molar-refractivity contribution in [1.29, 1.82) is 0 Å². The SMILES string of the molecule is Cc1cc2c(N(CC(C)C)CC(C)C)nc(NN)nc2s1. The van der Waals surface area contributed by atoms with Gasteiger partial charge in [0.15, 0.2) is 0 Å². The van der Waals surface area contributed by atoms with Crippen molar-refractivity contribution in [3.05, 3.63) is 10.9 Å². The van der Waals surface area contributed by atoms with E-state index in [4.69, 9.17) is 5.84 Å². The van der Waals surface area contributed by atoms with Crippen molar-refractivity contribution in [1.82, 2.24) is 9.97 Å². The number of hydrazine groups is 1. The number of hydrogen-bond acceptors (Lipinski definition) is 6. The number of fused-ring (bicyclic) bond motifs is 1. The third kappa shape index (κ3) is 3.83. The zero-order valence-corrected chi connectivity index (χ0v) is 14.3. The van der Waals surface area contributed by atoms with Crippen molar-refractivity contribution in [3.8, 4) is 0 Å². The summed E-state index contributed by atoms with van der Waals surface area (Å²) >= 11 is 1.68. The van der Waals surface area contributed by atoms with Crippen LogP contribution in [-0.4, -0.2) is 23.1 Å². The van der Waals surface area contributed by atoms with E-state index < -0.39 is 0 Å². The number of nitrogens with one attached hydrogen (secondary N) is 1. The molecule has 6 heteroatoms. The molecule has 0 unspecified atom stereocenters. The lowest BCUT2D eigenvalue weighted by Gasteiger charge is -2.28. The van der Waals surface area contributed by atoms with Gasteiger partial charge in [0.1, 0.15) is 10.6 Å². The molecule has 0 bridgehead atoms. The van der Waals surface area contributed by atoms with Crippen molar-refractivity contribution in [2.75, 3.05) is 23.4 Å². The fourth-order valence-electron chi connectivity index (χ4n) is 2.46. The number of nitrogens with two attached hydrogens (primary N) is 1. The fraction of sp³-hybridized carbons (Fsp3) is 0.600. The van der Waals surface area contributed by atoms with E-state index in [1.165, 1.54) is 4.88 Å². The number of rotatable bonds is 6. The second-order valence-electron chi connectivity index (χ2n) is 6.28. The molecule has 3 N–H and O–H groups in total. The molecule has 2 heterocycles. The van der Waals surface area contributed by atoms with Crippen LogP contribution in [0.4, 0.5) is 11.8 Å². The quantitative estimate of drug-likeness (QED) is 0.632. The van der Waals surface area contributed by atoms with Crippen LogP contribution in [0.15, 0.2) is 6.07 Å². The van der Waals surface area contributed by atoms with Crippen molar-refractivity contribution in [3.63, 3.8) is 0 Å². The molecular formula is C15H25N5S. The largest absolute Gasteiger partial charge is 0.355 e. The Hall–Kier alpha value is -1.40. The summed E-state index contributed by atoms with van der Waals surface area (Å²) in [5.74, 6) is 8.14. The van der Waals surface area contributed by atoms with E-state index in [9.17, 15) is 0 Å². The molecule has 0 aliphatic heterocycles. The first-order valence-corrected chi connectivity index (χ1v) is 8.22. The van der Waals surface area contributed by atoms with Gasteiger partial charge in [0.2, 0.25) is 5.95 Å². The Morgan fingerprint density at radius 2 is 1.81 bits per heavy atom. The molecule has 0 aromatic carbocycles. The average molecular weight is 307 g/mol. The van der Waals surface area contributed by atoms with Gasteiger partial charge < -0.3 is 4.90 Å². The second kappa shape index (κ2) is 6.58. The van der Waals surface area contributed by atoms with Crippen molar-refractivity contribution >= 4 is 33.3 Å². The standard InChI is InChI=1S/C15H25N5S/c1-9(2)7-20(8-10(3)4)13-12-6-11(5)21-14(12)18-15(17-13)19-16/h6,9-10H,7-8,16H2,1-5H3,(H,17,18,19). The number of hydrogen-bond donors (Lipinski definition) is 2. The lowest BCUT2D eigenvalue weighted by atomic mass is 10.1. The summed E-state index contributed by atoms with van der Waals surface area (Å²) in [5, 5.41) is 1.12. The number of aryl methyl sites for hydroxylation is 1.